The van der Waals surface area contributed by atoms with Gasteiger partial charge >= 0.3 is 0 Å². The van der Waals surface area contributed by atoms with Crippen molar-refractivity contribution in [1.82, 2.24) is 14.9 Å². The summed E-state index contributed by atoms with van der Waals surface area (Å²) in [5, 5.41) is 14.7. The van der Waals surface area contributed by atoms with E-state index in [1.807, 2.05) is 35.2 Å². The third-order valence-electron chi connectivity index (χ3n) is 5.17. The van der Waals surface area contributed by atoms with Crippen LogP contribution < -0.4 is 10.2 Å². The van der Waals surface area contributed by atoms with Gasteiger partial charge in [0.2, 0.25) is 5.95 Å². The Morgan fingerprint density at radius 1 is 1.00 bits per heavy atom. The maximum Gasteiger partial charge on any atom is 0.293 e. The lowest BCUT2D eigenvalue weighted by atomic mass is 10.1. The molecule has 9 heteroatoms. The average molecular weight is 418 g/mol. The molecule has 2 aromatic carbocycles. The molecule has 0 atom stereocenters. The summed E-state index contributed by atoms with van der Waals surface area (Å²) in [6.45, 7) is 2.67. The second-order valence-corrected chi connectivity index (χ2v) is 7.16. The Kier molecular flexibility index (Phi) is 6.02. The van der Waals surface area contributed by atoms with Gasteiger partial charge < -0.3 is 15.1 Å². The third kappa shape index (κ3) is 4.77. The average Bonchev–Trinajstić information content (AvgIpc) is 2.83. The zero-order chi connectivity index (χ0) is 21.6. The molecule has 3 aromatic rings. The van der Waals surface area contributed by atoms with Gasteiger partial charge in [-0.15, -0.1) is 0 Å². The molecule has 0 bridgehead atoms. The van der Waals surface area contributed by atoms with Crippen LogP contribution in [0.15, 0.2) is 67.0 Å². The van der Waals surface area contributed by atoms with E-state index in [2.05, 4.69) is 15.3 Å². The van der Waals surface area contributed by atoms with Crippen LogP contribution in [0, 0.1) is 10.1 Å². The van der Waals surface area contributed by atoms with E-state index in [-0.39, 0.29) is 11.6 Å². The standard InChI is InChI=1S/C22H22N6O3/c29-21(26-11-13-27(14-12-26)22-23-9-4-10-24-22)18-7-8-19(20(15-18)28(30)31)25-16-17-5-2-1-3-6-17/h1-10,15,25H,11-14,16H2. The smallest absolute Gasteiger partial charge is 0.293 e. The summed E-state index contributed by atoms with van der Waals surface area (Å²) in [4.78, 5) is 36.3. The van der Waals surface area contributed by atoms with Crippen LogP contribution in [0.5, 0.6) is 0 Å². The van der Waals surface area contributed by atoms with Gasteiger partial charge in [-0.25, -0.2) is 9.97 Å². The van der Waals surface area contributed by atoms with Crippen molar-refractivity contribution in [1.29, 1.82) is 0 Å². The number of hydrogen-bond acceptors (Lipinski definition) is 7. The van der Waals surface area contributed by atoms with Gasteiger partial charge in [0.05, 0.1) is 4.92 Å². The first-order valence-corrected chi connectivity index (χ1v) is 9.99. The summed E-state index contributed by atoms with van der Waals surface area (Å²) >= 11 is 0. The Bertz CT molecular complexity index is 1050. The van der Waals surface area contributed by atoms with Crippen molar-refractivity contribution in [3.8, 4) is 0 Å². The van der Waals surface area contributed by atoms with E-state index in [1.54, 1.807) is 35.5 Å². The first-order valence-electron chi connectivity index (χ1n) is 9.99. The van der Waals surface area contributed by atoms with E-state index in [0.29, 0.717) is 49.9 Å². The second kappa shape index (κ2) is 9.21. The van der Waals surface area contributed by atoms with Crippen LogP contribution in [0.3, 0.4) is 0 Å². The van der Waals surface area contributed by atoms with Crippen molar-refractivity contribution in [3.63, 3.8) is 0 Å². The molecule has 0 saturated carbocycles. The summed E-state index contributed by atoms with van der Waals surface area (Å²) < 4.78 is 0. The Labute approximate surface area is 179 Å². The Morgan fingerprint density at radius 2 is 1.71 bits per heavy atom. The zero-order valence-corrected chi connectivity index (χ0v) is 16.8. The minimum Gasteiger partial charge on any atom is -0.375 e. The highest BCUT2D eigenvalue weighted by Gasteiger charge is 2.25. The van der Waals surface area contributed by atoms with Gasteiger partial charge in [-0.2, -0.15) is 0 Å². The van der Waals surface area contributed by atoms with Crippen molar-refractivity contribution in [2.45, 2.75) is 6.54 Å². The van der Waals surface area contributed by atoms with E-state index >= 15 is 0 Å². The predicted molar refractivity (Wildman–Crippen MR) is 117 cm³/mol. The molecular weight excluding hydrogens is 396 g/mol. The Hall–Kier alpha value is -4.01. The summed E-state index contributed by atoms with van der Waals surface area (Å²) in [5.74, 6) is 0.422. The first-order chi connectivity index (χ1) is 15.1. The number of amides is 1. The molecule has 1 N–H and O–H groups in total. The van der Waals surface area contributed by atoms with E-state index in [1.165, 1.54) is 6.07 Å². The maximum absolute atomic E-state index is 12.9. The minimum absolute atomic E-state index is 0.113. The Morgan fingerprint density at radius 3 is 2.39 bits per heavy atom. The number of benzene rings is 2. The largest absolute Gasteiger partial charge is 0.375 e. The summed E-state index contributed by atoms with van der Waals surface area (Å²) in [6, 6.07) is 16.0. The van der Waals surface area contributed by atoms with Gasteiger partial charge in [0.1, 0.15) is 5.69 Å². The molecule has 1 amide bonds. The SMILES string of the molecule is O=C(c1ccc(NCc2ccccc2)c([N+](=O)[O-])c1)N1CCN(c2ncccn2)CC1. The highest BCUT2D eigenvalue weighted by Crippen LogP contribution is 2.27. The summed E-state index contributed by atoms with van der Waals surface area (Å²) in [5.41, 5.74) is 1.59. The number of nitro groups is 1. The molecule has 0 radical (unpaired) electrons. The lowest BCUT2D eigenvalue weighted by molar-refractivity contribution is -0.384. The van der Waals surface area contributed by atoms with E-state index in [0.717, 1.165) is 5.56 Å². The maximum atomic E-state index is 12.9. The van der Waals surface area contributed by atoms with Crippen molar-refractivity contribution in [2.75, 3.05) is 36.4 Å². The van der Waals surface area contributed by atoms with Gasteiger partial charge in [0.15, 0.2) is 0 Å². The van der Waals surface area contributed by atoms with Crippen LogP contribution in [-0.4, -0.2) is 51.9 Å². The molecule has 1 aromatic heterocycles. The molecule has 2 heterocycles. The van der Waals surface area contributed by atoms with Gasteiger partial charge in [-0.3, -0.25) is 14.9 Å². The van der Waals surface area contributed by atoms with Gasteiger partial charge in [-0.1, -0.05) is 30.3 Å². The molecule has 158 valence electrons. The normalized spacial score (nSPS) is 13.7. The molecule has 1 fully saturated rings. The lowest BCUT2D eigenvalue weighted by Gasteiger charge is -2.34. The van der Waals surface area contributed by atoms with E-state index in [9.17, 15) is 14.9 Å². The quantitative estimate of drug-likeness (QED) is 0.485. The molecular formula is C22H22N6O3. The number of aromatic nitrogens is 2. The number of nitro benzene ring substituents is 1. The molecule has 1 aliphatic heterocycles. The number of piperazine rings is 1. The predicted octanol–water partition coefficient (Wildman–Crippen LogP) is 2.96. The topological polar surface area (TPSA) is 104 Å². The lowest BCUT2D eigenvalue weighted by Crippen LogP contribution is -2.49. The van der Waals surface area contributed by atoms with Crippen LogP contribution in [0.4, 0.5) is 17.3 Å². The van der Waals surface area contributed by atoms with Crippen LogP contribution in [0.1, 0.15) is 15.9 Å². The number of nitrogens with zero attached hydrogens (tertiary/aromatic N) is 5. The molecule has 4 rings (SSSR count). The fourth-order valence-corrected chi connectivity index (χ4v) is 3.50. The monoisotopic (exact) mass is 418 g/mol. The van der Waals surface area contributed by atoms with Crippen molar-refractivity contribution >= 4 is 23.2 Å². The highest BCUT2D eigenvalue weighted by atomic mass is 16.6. The van der Waals surface area contributed by atoms with Crippen LogP contribution >= 0.6 is 0 Å². The summed E-state index contributed by atoms with van der Waals surface area (Å²) in [6.07, 6.45) is 3.37. The van der Waals surface area contributed by atoms with Gasteiger partial charge in [0.25, 0.3) is 11.6 Å². The first kappa shape index (κ1) is 20.3. The van der Waals surface area contributed by atoms with E-state index < -0.39 is 4.92 Å². The van der Waals surface area contributed by atoms with Crippen molar-refractivity contribution < 1.29 is 9.72 Å². The van der Waals surface area contributed by atoms with E-state index in [4.69, 9.17) is 0 Å². The zero-order valence-electron chi connectivity index (χ0n) is 16.8. The fraction of sp³-hybridized carbons (Fsp3) is 0.227. The Balaban J connectivity index is 1.43. The molecule has 1 saturated heterocycles. The van der Waals surface area contributed by atoms with Crippen molar-refractivity contribution in [2.24, 2.45) is 0 Å². The second-order valence-electron chi connectivity index (χ2n) is 7.16. The number of rotatable bonds is 6. The molecule has 0 spiro atoms. The third-order valence-corrected chi connectivity index (χ3v) is 5.17. The molecule has 31 heavy (non-hydrogen) atoms. The summed E-state index contributed by atoms with van der Waals surface area (Å²) in [7, 11) is 0. The number of anilines is 2. The highest BCUT2D eigenvalue weighted by molar-refractivity contribution is 5.96. The van der Waals surface area contributed by atoms with Gasteiger partial charge in [-0.05, 0) is 23.8 Å². The van der Waals surface area contributed by atoms with Crippen LogP contribution in [-0.2, 0) is 6.54 Å². The van der Waals surface area contributed by atoms with Gasteiger partial charge in [0, 0.05) is 56.7 Å². The van der Waals surface area contributed by atoms with Crippen LogP contribution in [0.25, 0.3) is 0 Å². The molecule has 1 aliphatic rings. The number of hydrogen-bond donors (Lipinski definition) is 1. The number of nitrogens with one attached hydrogen (secondary N) is 1. The fourth-order valence-electron chi connectivity index (χ4n) is 3.50. The van der Waals surface area contributed by atoms with Crippen LogP contribution in [0.2, 0.25) is 0 Å². The minimum atomic E-state index is -0.464. The van der Waals surface area contributed by atoms with Crippen molar-refractivity contribution in [3.05, 3.63) is 88.2 Å². The molecule has 0 aliphatic carbocycles. The number of carbonyl (C=O) groups is 1. The number of carbonyl (C=O) groups excluding carboxylic acids is 1. The molecule has 0 unspecified atom stereocenters. The molecule has 9 nitrogen and oxygen atoms in total.